The number of carbonyl (C=O) groups excluding carboxylic acids is 3. The summed E-state index contributed by atoms with van der Waals surface area (Å²) >= 11 is 0. The second-order valence-electron chi connectivity index (χ2n) is 17.5. The summed E-state index contributed by atoms with van der Waals surface area (Å²) in [5.41, 5.74) is 10.4. The molecular formula is C46H61N11O4. The fraction of sp³-hybridized carbons (Fsp3) is 0.543. The monoisotopic (exact) mass is 831 g/mol. The van der Waals surface area contributed by atoms with E-state index in [-0.39, 0.29) is 36.3 Å². The summed E-state index contributed by atoms with van der Waals surface area (Å²) in [6, 6.07) is 4.08. The Balaban J connectivity index is 0.000000189. The molecule has 324 valence electrons. The van der Waals surface area contributed by atoms with Gasteiger partial charge >= 0.3 is 5.97 Å². The van der Waals surface area contributed by atoms with Crippen molar-refractivity contribution in [1.82, 2.24) is 29.9 Å². The van der Waals surface area contributed by atoms with Crippen LogP contribution in [0.1, 0.15) is 116 Å². The minimum Gasteiger partial charge on any atom is -0.460 e. The van der Waals surface area contributed by atoms with Gasteiger partial charge in [0, 0.05) is 75.1 Å². The quantitative estimate of drug-likeness (QED) is 0.165. The van der Waals surface area contributed by atoms with Crippen LogP contribution in [0.2, 0.25) is 0 Å². The van der Waals surface area contributed by atoms with E-state index in [4.69, 9.17) is 20.4 Å². The largest absolute Gasteiger partial charge is 0.460 e. The van der Waals surface area contributed by atoms with E-state index in [2.05, 4.69) is 43.6 Å². The number of likely N-dealkylation sites (N-methyl/N-ethyl adjacent to an activating group) is 2. The van der Waals surface area contributed by atoms with Crippen LogP contribution < -0.4 is 25.3 Å². The Morgan fingerprint density at radius 3 is 1.59 bits per heavy atom. The lowest BCUT2D eigenvalue weighted by molar-refractivity contribution is -0.154. The highest BCUT2D eigenvalue weighted by atomic mass is 16.6. The molecule has 2 saturated carbocycles. The average molecular weight is 832 g/mol. The van der Waals surface area contributed by atoms with Gasteiger partial charge in [-0.1, -0.05) is 39.5 Å². The summed E-state index contributed by atoms with van der Waals surface area (Å²) in [7, 11) is 3.62. The Labute approximate surface area is 359 Å². The van der Waals surface area contributed by atoms with E-state index in [9.17, 15) is 14.4 Å². The summed E-state index contributed by atoms with van der Waals surface area (Å²) in [6.07, 6.45) is 21.9. The molecule has 0 radical (unpaired) electrons. The zero-order valence-corrected chi connectivity index (χ0v) is 36.8. The number of carbonyl (C=O) groups is 3. The molecule has 4 aromatic rings. The van der Waals surface area contributed by atoms with Crippen LogP contribution in [0.5, 0.6) is 0 Å². The number of nitrogens with zero attached hydrogens (tertiary/aromatic N) is 10. The Hall–Kier alpha value is -5.57. The van der Waals surface area contributed by atoms with Gasteiger partial charge in [0.05, 0.1) is 12.4 Å². The number of rotatable bonds is 10. The standard InChI is InChI=1S/C26H35N5O3.C20H26N6O/c1-6-20-25(33)30(5)21-16-28-23(29-24(21)31(20)18-9-7-8-10-18)19-13-14-27-15-17(19)11-12-22(32)34-26(2,3)4;1-3-16-20(27)25(2)17-12-23-18(15-8-9-22-11-13(15)10-21)24-19(17)26(16)14-6-4-5-7-14/h13-16,18,20H,6-12H2,1-5H3;8-9,11-12,14,16H,3-7,10,21H2,1-2H3/t20-;16-/m11/s1. The number of ether oxygens (including phenoxy) is 1. The van der Waals surface area contributed by atoms with E-state index in [1.165, 1.54) is 25.7 Å². The van der Waals surface area contributed by atoms with Gasteiger partial charge in [-0.3, -0.25) is 24.4 Å². The molecule has 15 heteroatoms. The van der Waals surface area contributed by atoms with Gasteiger partial charge in [-0.25, -0.2) is 19.9 Å². The van der Waals surface area contributed by atoms with Crippen LogP contribution in [0.15, 0.2) is 49.3 Å². The predicted molar refractivity (Wildman–Crippen MR) is 237 cm³/mol. The third kappa shape index (κ3) is 9.07. The van der Waals surface area contributed by atoms with Gasteiger partial charge in [-0.2, -0.15) is 0 Å². The number of hydrogen-bond donors (Lipinski definition) is 1. The van der Waals surface area contributed by atoms with Crippen molar-refractivity contribution in [3.8, 4) is 22.8 Å². The third-order valence-electron chi connectivity index (χ3n) is 12.4. The molecule has 2 atom stereocenters. The van der Waals surface area contributed by atoms with Crippen LogP contribution in [-0.2, 0) is 32.1 Å². The number of pyridine rings is 2. The number of aromatic nitrogens is 6. The maximum absolute atomic E-state index is 13.1. The van der Waals surface area contributed by atoms with Gasteiger partial charge in [-0.15, -0.1) is 0 Å². The number of nitrogens with two attached hydrogens (primary N) is 1. The van der Waals surface area contributed by atoms with Gasteiger partial charge in [0.25, 0.3) is 0 Å². The minimum absolute atomic E-state index is 0.0974. The van der Waals surface area contributed by atoms with Crippen LogP contribution in [-0.4, -0.2) is 91.6 Å². The molecule has 6 heterocycles. The van der Waals surface area contributed by atoms with Crippen molar-refractivity contribution in [2.45, 2.75) is 148 Å². The van der Waals surface area contributed by atoms with Gasteiger partial charge in [0.2, 0.25) is 11.8 Å². The molecule has 2 N–H and O–H groups in total. The van der Waals surface area contributed by atoms with Crippen molar-refractivity contribution in [3.63, 3.8) is 0 Å². The summed E-state index contributed by atoms with van der Waals surface area (Å²) in [5.74, 6) is 2.88. The molecule has 2 aliphatic heterocycles. The zero-order valence-electron chi connectivity index (χ0n) is 36.8. The molecule has 15 nitrogen and oxygen atoms in total. The number of aryl methyl sites for hydroxylation is 1. The van der Waals surface area contributed by atoms with Crippen LogP contribution in [0.4, 0.5) is 23.0 Å². The number of amides is 2. The van der Waals surface area contributed by atoms with Crippen molar-refractivity contribution >= 4 is 40.8 Å². The Bertz CT molecular complexity index is 2220. The highest BCUT2D eigenvalue weighted by molar-refractivity contribution is 6.05. The molecule has 0 aromatic carbocycles. The van der Waals surface area contributed by atoms with Crippen molar-refractivity contribution in [3.05, 3.63) is 60.4 Å². The Morgan fingerprint density at radius 2 is 1.16 bits per heavy atom. The van der Waals surface area contributed by atoms with Crippen LogP contribution >= 0.6 is 0 Å². The van der Waals surface area contributed by atoms with Crippen LogP contribution in [0.3, 0.4) is 0 Å². The molecular weight excluding hydrogens is 771 g/mol. The highest BCUT2D eigenvalue weighted by Gasteiger charge is 2.43. The molecule has 4 aliphatic rings. The second kappa shape index (κ2) is 18.6. The number of esters is 1. The van der Waals surface area contributed by atoms with E-state index >= 15 is 0 Å². The second-order valence-corrected chi connectivity index (χ2v) is 17.5. The van der Waals surface area contributed by atoms with Crippen molar-refractivity contribution < 1.29 is 19.1 Å². The molecule has 2 amide bonds. The summed E-state index contributed by atoms with van der Waals surface area (Å²) in [6.45, 7) is 10.1. The number of anilines is 4. The third-order valence-corrected chi connectivity index (χ3v) is 12.4. The number of hydrogen-bond acceptors (Lipinski definition) is 13. The maximum Gasteiger partial charge on any atom is 0.306 e. The lowest BCUT2D eigenvalue weighted by Crippen LogP contribution is -2.55. The molecule has 8 rings (SSSR count). The first-order valence-corrected chi connectivity index (χ1v) is 22.0. The number of fused-ring (bicyclic) bond motifs is 2. The van der Waals surface area contributed by atoms with Crippen molar-refractivity contribution in [2.75, 3.05) is 33.7 Å². The fourth-order valence-electron chi connectivity index (χ4n) is 9.31. The van der Waals surface area contributed by atoms with Crippen molar-refractivity contribution in [2.24, 2.45) is 5.73 Å². The van der Waals surface area contributed by atoms with E-state index in [0.717, 1.165) is 83.8 Å². The van der Waals surface area contributed by atoms with E-state index < -0.39 is 5.60 Å². The Kier molecular flexibility index (Phi) is 13.3. The van der Waals surface area contributed by atoms with Crippen molar-refractivity contribution in [1.29, 1.82) is 0 Å². The predicted octanol–water partition coefficient (Wildman–Crippen LogP) is 6.82. The maximum atomic E-state index is 13.1. The summed E-state index contributed by atoms with van der Waals surface area (Å²) in [5, 5.41) is 0. The van der Waals surface area contributed by atoms with Gasteiger partial charge in [0.1, 0.15) is 29.1 Å². The minimum atomic E-state index is -0.514. The van der Waals surface area contributed by atoms with E-state index in [0.29, 0.717) is 36.7 Å². The van der Waals surface area contributed by atoms with Gasteiger partial charge in [0.15, 0.2) is 23.3 Å². The summed E-state index contributed by atoms with van der Waals surface area (Å²) < 4.78 is 5.46. The van der Waals surface area contributed by atoms with Gasteiger partial charge < -0.3 is 30.1 Å². The lowest BCUT2D eigenvalue weighted by Gasteiger charge is -2.43. The fourth-order valence-corrected chi connectivity index (χ4v) is 9.31. The normalized spacial score (nSPS) is 19.5. The molecule has 0 saturated heterocycles. The molecule has 2 aliphatic carbocycles. The first kappa shape index (κ1) is 43.5. The highest BCUT2D eigenvalue weighted by Crippen LogP contribution is 2.42. The molecule has 61 heavy (non-hydrogen) atoms. The van der Waals surface area contributed by atoms with E-state index in [1.807, 2.05) is 40.0 Å². The van der Waals surface area contributed by atoms with Crippen LogP contribution in [0, 0.1) is 0 Å². The first-order chi connectivity index (χ1) is 29.3. The average Bonchev–Trinajstić information content (AvgIpc) is 4.01. The van der Waals surface area contributed by atoms with Crippen LogP contribution in [0.25, 0.3) is 22.8 Å². The topological polar surface area (TPSA) is 177 Å². The lowest BCUT2D eigenvalue weighted by atomic mass is 10.0. The molecule has 4 aromatic heterocycles. The molecule has 0 spiro atoms. The van der Waals surface area contributed by atoms with E-state index in [1.54, 1.807) is 54.0 Å². The SMILES string of the molecule is CC[C@@H]1C(=O)N(C)c2cnc(-c3ccncc3CCC(=O)OC(C)(C)C)nc2N1C1CCCC1.CC[C@@H]1C(=O)N(C)c2cnc(-c3ccncc3CN)nc2N1C1CCCC1. The first-order valence-electron chi connectivity index (χ1n) is 22.0. The molecule has 0 unspecified atom stereocenters. The smallest absolute Gasteiger partial charge is 0.306 e. The zero-order chi connectivity index (χ0) is 43.4. The van der Waals surface area contributed by atoms with Gasteiger partial charge in [-0.05, 0) is 89.0 Å². The summed E-state index contributed by atoms with van der Waals surface area (Å²) in [4.78, 5) is 73.8. The Morgan fingerprint density at radius 1 is 0.721 bits per heavy atom. The molecule has 2 fully saturated rings. The molecule has 0 bridgehead atoms.